The Morgan fingerprint density at radius 1 is 1.43 bits per heavy atom. The van der Waals surface area contributed by atoms with Gasteiger partial charge in [0.05, 0.1) is 22.9 Å². The Labute approximate surface area is 130 Å². The third-order valence-electron chi connectivity index (χ3n) is 4.07. The van der Waals surface area contributed by atoms with Gasteiger partial charge in [-0.15, -0.1) is 11.3 Å². The second-order valence-corrected chi connectivity index (χ2v) is 6.98. The first-order valence-electron chi connectivity index (χ1n) is 7.42. The number of fused-ring (bicyclic) bond motifs is 1. The van der Waals surface area contributed by atoms with Crippen LogP contribution < -0.4 is 0 Å². The van der Waals surface area contributed by atoms with Gasteiger partial charge in [-0.2, -0.15) is 5.10 Å². The average Bonchev–Trinajstić information content (AvgIpc) is 3.06. The summed E-state index contributed by atoms with van der Waals surface area (Å²) in [5, 5.41) is 4.53. The van der Waals surface area contributed by atoms with Gasteiger partial charge in [-0.3, -0.25) is 9.58 Å². The molecule has 0 bridgehead atoms. The zero-order chi connectivity index (χ0) is 14.8. The molecule has 2 aromatic rings. The standard InChI is InChI=1S/C15H23N5S/c1-12-15(21-11-16-12)10-19-8-13-4-6-17-20(13)14(9-19)5-7-18(2)3/h4,6,11,14H,5,7-10H2,1-3H3/t14-/m0/s1. The number of aromatic nitrogens is 3. The number of aryl methyl sites for hydroxylation is 1. The van der Waals surface area contributed by atoms with Crippen LogP contribution in [0.15, 0.2) is 17.8 Å². The topological polar surface area (TPSA) is 37.2 Å². The molecule has 2 aromatic heterocycles. The van der Waals surface area contributed by atoms with Crippen molar-refractivity contribution < 1.29 is 0 Å². The summed E-state index contributed by atoms with van der Waals surface area (Å²) >= 11 is 1.76. The van der Waals surface area contributed by atoms with Gasteiger partial charge in [0.15, 0.2) is 0 Å². The molecule has 5 nitrogen and oxygen atoms in total. The highest BCUT2D eigenvalue weighted by atomic mass is 32.1. The molecule has 0 saturated carbocycles. The lowest BCUT2D eigenvalue weighted by molar-refractivity contribution is 0.156. The van der Waals surface area contributed by atoms with Crippen molar-refractivity contribution in [3.05, 3.63) is 34.0 Å². The maximum Gasteiger partial charge on any atom is 0.0798 e. The Morgan fingerprint density at radius 3 is 3.00 bits per heavy atom. The van der Waals surface area contributed by atoms with E-state index in [1.807, 2.05) is 11.7 Å². The minimum absolute atomic E-state index is 0.472. The molecule has 0 unspecified atom stereocenters. The molecule has 1 atom stereocenters. The maximum absolute atomic E-state index is 4.53. The van der Waals surface area contributed by atoms with Crippen LogP contribution >= 0.6 is 11.3 Å². The smallest absolute Gasteiger partial charge is 0.0798 e. The molecule has 0 N–H and O–H groups in total. The Morgan fingerprint density at radius 2 is 2.29 bits per heavy atom. The summed E-state index contributed by atoms with van der Waals surface area (Å²) in [6.07, 6.45) is 3.07. The van der Waals surface area contributed by atoms with Crippen LogP contribution in [0.1, 0.15) is 28.7 Å². The van der Waals surface area contributed by atoms with Crippen molar-refractivity contribution in [1.29, 1.82) is 0 Å². The summed E-state index contributed by atoms with van der Waals surface area (Å²) < 4.78 is 2.22. The van der Waals surface area contributed by atoms with Crippen molar-refractivity contribution in [2.45, 2.75) is 32.5 Å². The largest absolute Gasteiger partial charge is 0.309 e. The van der Waals surface area contributed by atoms with E-state index in [9.17, 15) is 0 Å². The van der Waals surface area contributed by atoms with E-state index in [4.69, 9.17) is 0 Å². The summed E-state index contributed by atoms with van der Waals surface area (Å²) in [5.74, 6) is 0. The van der Waals surface area contributed by atoms with Gasteiger partial charge in [-0.05, 0) is 40.1 Å². The van der Waals surface area contributed by atoms with Crippen LogP contribution in [-0.4, -0.2) is 51.7 Å². The molecule has 1 aliphatic rings. The molecule has 0 spiro atoms. The summed E-state index contributed by atoms with van der Waals surface area (Å²) in [6.45, 7) is 6.25. The minimum Gasteiger partial charge on any atom is -0.309 e. The van der Waals surface area contributed by atoms with Crippen LogP contribution in [0.4, 0.5) is 0 Å². The zero-order valence-electron chi connectivity index (χ0n) is 13.0. The van der Waals surface area contributed by atoms with E-state index < -0.39 is 0 Å². The highest BCUT2D eigenvalue weighted by Crippen LogP contribution is 2.25. The van der Waals surface area contributed by atoms with Crippen molar-refractivity contribution in [3.8, 4) is 0 Å². The van der Waals surface area contributed by atoms with Crippen LogP contribution in [-0.2, 0) is 13.1 Å². The second kappa shape index (κ2) is 6.25. The molecule has 0 saturated heterocycles. The molecule has 114 valence electrons. The molecular weight excluding hydrogens is 282 g/mol. The van der Waals surface area contributed by atoms with Gasteiger partial charge in [0.25, 0.3) is 0 Å². The van der Waals surface area contributed by atoms with Gasteiger partial charge in [-0.1, -0.05) is 0 Å². The molecule has 3 heterocycles. The van der Waals surface area contributed by atoms with Crippen molar-refractivity contribution in [2.75, 3.05) is 27.2 Å². The normalized spacial score (nSPS) is 19.1. The molecule has 0 amide bonds. The van der Waals surface area contributed by atoms with Crippen molar-refractivity contribution in [3.63, 3.8) is 0 Å². The molecule has 0 aromatic carbocycles. The van der Waals surface area contributed by atoms with E-state index in [1.165, 1.54) is 16.3 Å². The number of rotatable bonds is 5. The first-order chi connectivity index (χ1) is 10.1. The lowest BCUT2D eigenvalue weighted by Gasteiger charge is -2.34. The van der Waals surface area contributed by atoms with Gasteiger partial charge in [0.1, 0.15) is 0 Å². The molecule has 3 rings (SSSR count). The summed E-state index contributed by atoms with van der Waals surface area (Å²) in [5.41, 5.74) is 4.44. The molecule has 6 heteroatoms. The predicted molar refractivity (Wildman–Crippen MR) is 85.4 cm³/mol. The van der Waals surface area contributed by atoms with Gasteiger partial charge in [0.2, 0.25) is 0 Å². The molecule has 0 aliphatic carbocycles. The number of thiazole rings is 1. The van der Waals surface area contributed by atoms with Gasteiger partial charge < -0.3 is 4.90 Å². The van der Waals surface area contributed by atoms with E-state index in [0.29, 0.717) is 6.04 Å². The van der Waals surface area contributed by atoms with Gasteiger partial charge in [-0.25, -0.2) is 4.98 Å². The van der Waals surface area contributed by atoms with Crippen molar-refractivity contribution in [2.24, 2.45) is 0 Å². The first-order valence-corrected chi connectivity index (χ1v) is 8.30. The SMILES string of the molecule is Cc1ncsc1CN1Cc2ccnn2[C@@H](CCN(C)C)C1. The molecule has 0 fully saturated rings. The molecule has 21 heavy (non-hydrogen) atoms. The Kier molecular flexibility index (Phi) is 4.37. The van der Waals surface area contributed by atoms with Gasteiger partial charge >= 0.3 is 0 Å². The van der Waals surface area contributed by atoms with Gasteiger partial charge in [0, 0.05) is 30.7 Å². The Hall–Kier alpha value is -1.24. The van der Waals surface area contributed by atoms with E-state index in [-0.39, 0.29) is 0 Å². The quantitative estimate of drug-likeness (QED) is 0.848. The average molecular weight is 305 g/mol. The second-order valence-electron chi connectivity index (χ2n) is 6.04. The van der Waals surface area contributed by atoms with E-state index in [2.05, 4.69) is 51.6 Å². The monoisotopic (exact) mass is 305 g/mol. The lowest BCUT2D eigenvalue weighted by atomic mass is 10.1. The Bertz CT molecular complexity index is 588. The minimum atomic E-state index is 0.472. The van der Waals surface area contributed by atoms with Crippen LogP contribution in [0, 0.1) is 6.92 Å². The first kappa shape index (κ1) is 14.7. The van der Waals surface area contributed by atoms with Crippen molar-refractivity contribution >= 4 is 11.3 Å². The highest BCUT2D eigenvalue weighted by Gasteiger charge is 2.26. The van der Waals surface area contributed by atoms with Crippen LogP contribution in [0.5, 0.6) is 0 Å². The highest BCUT2D eigenvalue weighted by molar-refractivity contribution is 7.09. The third-order valence-corrected chi connectivity index (χ3v) is 4.99. The fourth-order valence-corrected chi connectivity index (χ4v) is 3.71. The zero-order valence-corrected chi connectivity index (χ0v) is 13.8. The predicted octanol–water partition coefficient (Wildman–Crippen LogP) is 2.16. The number of nitrogens with zero attached hydrogens (tertiary/aromatic N) is 5. The number of hydrogen-bond acceptors (Lipinski definition) is 5. The van der Waals surface area contributed by atoms with Crippen LogP contribution in [0.3, 0.4) is 0 Å². The fraction of sp³-hybridized carbons (Fsp3) is 0.600. The molecular formula is C15H23N5S. The van der Waals surface area contributed by atoms with E-state index in [0.717, 1.165) is 32.6 Å². The van der Waals surface area contributed by atoms with E-state index >= 15 is 0 Å². The number of hydrogen-bond donors (Lipinski definition) is 0. The third kappa shape index (κ3) is 3.33. The lowest BCUT2D eigenvalue weighted by Crippen LogP contribution is -2.38. The summed E-state index contributed by atoms with van der Waals surface area (Å²) in [6, 6.07) is 2.62. The summed E-state index contributed by atoms with van der Waals surface area (Å²) in [4.78, 5) is 10.5. The van der Waals surface area contributed by atoms with Crippen LogP contribution in [0.25, 0.3) is 0 Å². The summed E-state index contributed by atoms with van der Waals surface area (Å²) in [7, 11) is 4.26. The molecule has 1 aliphatic heterocycles. The van der Waals surface area contributed by atoms with E-state index in [1.54, 1.807) is 11.3 Å². The maximum atomic E-state index is 4.53. The molecule has 0 radical (unpaired) electrons. The Balaban J connectivity index is 1.72. The van der Waals surface area contributed by atoms with Crippen LogP contribution in [0.2, 0.25) is 0 Å². The van der Waals surface area contributed by atoms with Crippen molar-refractivity contribution in [1.82, 2.24) is 24.6 Å². The fourth-order valence-electron chi connectivity index (χ4n) is 2.89.